The van der Waals surface area contributed by atoms with E-state index in [4.69, 9.17) is 5.73 Å². The quantitative estimate of drug-likeness (QED) is 0.614. The largest absolute Gasteiger partial charge is 0.670 e. The van der Waals surface area contributed by atoms with Crippen LogP contribution in [0.2, 0.25) is 0 Å². The van der Waals surface area contributed by atoms with Crippen molar-refractivity contribution in [2.45, 2.75) is 12.5 Å². The maximum atomic E-state index is 10.1. The molecule has 4 nitrogen and oxygen atoms in total. The van der Waals surface area contributed by atoms with Gasteiger partial charge in [0.15, 0.2) is 0 Å². The molecule has 0 aliphatic carbocycles. The number of carboxylic acid groups (broad SMARTS) is 1. The molecule has 0 saturated heterocycles. The predicted molar refractivity (Wildman–Crippen MR) is 40.6 cm³/mol. The molecule has 69 valence electrons. The summed E-state index contributed by atoms with van der Waals surface area (Å²) >= 11 is 0. The van der Waals surface area contributed by atoms with Crippen LogP contribution in [0.5, 0.6) is 0 Å². The molecule has 0 fully saturated rings. The maximum Gasteiger partial charge on any atom is 0.0676 e. The van der Waals surface area contributed by atoms with Crippen molar-refractivity contribution in [2.75, 3.05) is 27.7 Å². The van der Waals surface area contributed by atoms with Crippen LogP contribution in [0, 0.1) is 0 Å². The van der Waals surface area contributed by atoms with Gasteiger partial charge in [-0.25, -0.2) is 0 Å². The molecular weight excluding hydrogens is 233 g/mol. The Hall–Kier alpha value is 0.494. The van der Waals surface area contributed by atoms with Crippen molar-refractivity contribution >= 4 is 5.97 Å². The molecule has 0 amide bonds. The minimum atomic E-state index is -1.14. The number of nitrogens with one attached hydrogen (secondary N) is 1. The Morgan fingerprint density at radius 3 is 2.17 bits per heavy atom. The fourth-order valence-corrected chi connectivity index (χ4v) is 0.927. The summed E-state index contributed by atoms with van der Waals surface area (Å²) in [4.78, 5) is 10.1. The van der Waals surface area contributed by atoms with E-state index in [1.165, 1.54) is 0 Å². The number of aliphatic carboxylic acids is 1. The summed E-state index contributed by atoms with van der Waals surface area (Å²) < 4.78 is 0.613. The monoisotopic (exact) mass is 248 g/mol. The molecule has 0 aliphatic rings. The van der Waals surface area contributed by atoms with Crippen LogP contribution in [-0.2, 0) is 37.5 Å². The van der Waals surface area contributed by atoms with E-state index in [1.54, 1.807) is 0 Å². The Labute approximate surface area is 98.6 Å². The van der Waals surface area contributed by atoms with Crippen molar-refractivity contribution in [1.82, 2.24) is 0 Å². The van der Waals surface area contributed by atoms with Gasteiger partial charge in [0.1, 0.15) is 0 Å². The Morgan fingerprint density at radius 2 is 1.92 bits per heavy atom. The minimum absolute atomic E-state index is 0. The fourth-order valence-electron chi connectivity index (χ4n) is 0.927. The maximum absolute atomic E-state index is 10.1. The summed E-state index contributed by atoms with van der Waals surface area (Å²) in [6.45, 7) is 0.536. The minimum Gasteiger partial charge on any atom is -0.670 e. The molecule has 1 radical (unpaired) electrons. The van der Waals surface area contributed by atoms with E-state index in [9.17, 15) is 9.90 Å². The number of carbonyl (C=O) groups excluding carboxylic acids is 1. The van der Waals surface area contributed by atoms with Gasteiger partial charge in [-0.1, -0.05) is 6.04 Å². The SMILES string of the molecule is C[N+](C)(C)CC([NH-])CC(=O)[O-].[Y]. The van der Waals surface area contributed by atoms with E-state index in [-0.39, 0.29) is 39.1 Å². The average molecular weight is 248 g/mol. The summed E-state index contributed by atoms with van der Waals surface area (Å²) in [6.07, 6.45) is -0.171. The Balaban J connectivity index is 0. The van der Waals surface area contributed by atoms with Crippen molar-refractivity contribution in [2.24, 2.45) is 0 Å². The molecular formula is C7H15N2O2Y-. The smallest absolute Gasteiger partial charge is 0.0676 e. The van der Waals surface area contributed by atoms with E-state index in [0.717, 1.165) is 0 Å². The van der Waals surface area contributed by atoms with E-state index in [0.29, 0.717) is 11.0 Å². The number of rotatable bonds is 4. The van der Waals surface area contributed by atoms with Gasteiger partial charge in [0.2, 0.25) is 0 Å². The van der Waals surface area contributed by atoms with Gasteiger partial charge in [-0.15, -0.1) is 0 Å². The van der Waals surface area contributed by atoms with Gasteiger partial charge in [0.25, 0.3) is 0 Å². The molecule has 0 aromatic heterocycles. The Bertz CT molecular complexity index is 145. The normalized spacial score (nSPS) is 13.3. The molecule has 0 heterocycles. The second-order valence-corrected chi connectivity index (χ2v) is 3.75. The van der Waals surface area contributed by atoms with Gasteiger partial charge < -0.3 is 20.1 Å². The van der Waals surface area contributed by atoms with Crippen LogP contribution < -0.4 is 5.11 Å². The zero-order chi connectivity index (χ0) is 9.07. The van der Waals surface area contributed by atoms with Crippen LogP contribution in [0.25, 0.3) is 5.73 Å². The van der Waals surface area contributed by atoms with Gasteiger partial charge in [-0.2, -0.15) is 0 Å². The number of carbonyl (C=O) groups is 1. The first-order chi connectivity index (χ1) is 4.81. The van der Waals surface area contributed by atoms with Gasteiger partial charge in [0.05, 0.1) is 27.7 Å². The van der Waals surface area contributed by atoms with Gasteiger partial charge in [0, 0.05) is 38.7 Å². The zero-order valence-corrected chi connectivity index (χ0v) is 10.7. The van der Waals surface area contributed by atoms with Crippen LogP contribution in [-0.4, -0.2) is 44.2 Å². The van der Waals surface area contributed by atoms with Crippen LogP contribution >= 0.6 is 0 Å². The van der Waals surface area contributed by atoms with Crippen molar-refractivity contribution < 1.29 is 47.1 Å². The third-order valence-electron chi connectivity index (χ3n) is 1.18. The molecule has 0 aromatic rings. The van der Waals surface area contributed by atoms with Crippen LogP contribution in [0.4, 0.5) is 0 Å². The van der Waals surface area contributed by atoms with Gasteiger partial charge in [-0.3, -0.25) is 0 Å². The van der Waals surface area contributed by atoms with Gasteiger partial charge in [-0.05, 0) is 6.42 Å². The number of hydrogen-bond acceptors (Lipinski definition) is 2. The molecule has 0 spiro atoms. The second kappa shape index (κ2) is 6.03. The first-order valence-corrected chi connectivity index (χ1v) is 3.52. The molecule has 0 aromatic carbocycles. The number of hydrogen-bond donors (Lipinski definition) is 0. The van der Waals surface area contributed by atoms with Crippen LogP contribution in [0.15, 0.2) is 0 Å². The molecule has 0 rings (SSSR count). The molecule has 0 bridgehead atoms. The Morgan fingerprint density at radius 1 is 1.50 bits per heavy atom. The number of carboxylic acids is 1. The van der Waals surface area contributed by atoms with Crippen molar-refractivity contribution in [3.05, 3.63) is 5.73 Å². The molecule has 1 N–H and O–H groups in total. The van der Waals surface area contributed by atoms with E-state index < -0.39 is 12.0 Å². The van der Waals surface area contributed by atoms with E-state index in [2.05, 4.69) is 0 Å². The second-order valence-electron chi connectivity index (χ2n) is 3.75. The molecule has 12 heavy (non-hydrogen) atoms. The first kappa shape index (κ1) is 15.0. The molecule has 5 heteroatoms. The standard InChI is InChI=1S/C7H16N2O2.Y/c1-9(2,3)5-6(8)4-7(10)11;/h6,8H,4-5H2,1-3H3,(H,10,11);/p-1. The third kappa shape index (κ3) is 10.5. The summed E-state index contributed by atoms with van der Waals surface area (Å²) in [6, 6.07) is -0.556. The summed E-state index contributed by atoms with van der Waals surface area (Å²) in [5.74, 6) is -1.14. The molecule has 0 aliphatic heterocycles. The van der Waals surface area contributed by atoms with E-state index >= 15 is 0 Å². The van der Waals surface area contributed by atoms with Crippen molar-refractivity contribution in [3.63, 3.8) is 0 Å². The topological polar surface area (TPSA) is 63.9 Å². The summed E-state index contributed by atoms with van der Waals surface area (Å²) in [7, 11) is 5.78. The van der Waals surface area contributed by atoms with Crippen LogP contribution in [0.1, 0.15) is 6.42 Å². The van der Waals surface area contributed by atoms with Crippen molar-refractivity contribution in [1.29, 1.82) is 0 Å². The van der Waals surface area contributed by atoms with Crippen molar-refractivity contribution in [3.8, 4) is 0 Å². The number of quaternary nitrogens is 1. The third-order valence-corrected chi connectivity index (χ3v) is 1.18. The summed E-state index contributed by atoms with van der Waals surface area (Å²) in [5, 5.41) is 10.1. The first-order valence-electron chi connectivity index (χ1n) is 3.52. The number of nitrogens with zero attached hydrogens (tertiary/aromatic N) is 1. The zero-order valence-electron chi connectivity index (χ0n) is 7.83. The Kier molecular flexibility index (Phi) is 7.53. The molecule has 1 atom stereocenters. The van der Waals surface area contributed by atoms with E-state index in [1.807, 2.05) is 21.1 Å². The fraction of sp³-hybridized carbons (Fsp3) is 0.857. The number of likely N-dealkylation sites (N-methyl/N-ethyl adjacent to an activating group) is 1. The summed E-state index contributed by atoms with van der Waals surface area (Å²) in [5.41, 5.74) is 7.32. The predicted octanol–water partition coefficient (Wildman–Crippen LogP) is -0.749. The molecule has 1 unspecified atom stereocenters. The molecule has 0 saturated carbocycles. The van der Waals surface area contributed by atoms with Crippen LogP contribution in [0.3, 0.4) is 0 Å². The average Bonchev–Trinajstić information content (AvgIpc) is 1.53. The van der Waals surface area contributed by atoms with Gasteiger partial charge >= 0.3 is 0 Å².